The van der Waals surface area contributed by atoms with E-state index in [-0.39, 0.29) is 0 Å². The maximum Gasteiger partial charge on any atom is 0.103 e. The van der Waals surface area contributed by atoms with E-state index in [1.165, 1.54) is 14.8 Å². The van der Waals surface area contributed by atoms with Crippen molar-refractivity contribution in [2.75, 3.05) is 6.54 Å². The Bertz CT molecular complexity index is 496. The van der Waals surface area contributed by atoms with Gasteiger partial charge in [0.1, 0.15) is 5.01 Å². The summed E-state index contributed by atoms with van der Waals surface area (Å²) >= 11 is 9.44. The van der Waals surface area contributed by atoms with Gasteiger partial charge in [-0.3, -0.25) is 0 Å². The molecule has 0 unspecified atom stereocenters. The molecule has 0 radical (unpaired) electrons. The highest BCUT2D eigenvalue weighted by molar-refractivity contribution is 7.98. The molecule has 0 saturated carbocycles. The van der Waals surface area contributed by atoms with E-state index in [0.717, 1.165) is 30.3 Å². The number of benzene rings is 1. The smallest absolute Gasteiger partial charge is 0.103 e. The molecular formula is C14H17ClN2S2. The van der Waals surface area contributed by atoms with Gasteiger partial charge in [0.15, 0.2) is 0 Å². The van der Waals surface area contributed by atoms with Gasteiger partial charge >= 0.3 is 0 Å². The first-order valence-electron chi connectivity index (χ1n) is 6.30. The number of rotatable bonds is 7. The molecule has 5 heteroatoms. The van der Waals surface area contributed by atoms with E-state index in [1.807, 2.05) is 30.5 Å². The van der Waals surface area contributed by atoms with Gasteiger partial charge in [-0.2, -0.15) is 0 Å². The maximum absolute atomic E-state index is 5.87. The van der Waals surface area contributed by atoms with Crippen molar-refractivity contribution in [1.82, 2.24) is 10.3 Å². The monoisotopic (exact) mass is 312 g/mol. The van der Waals surface area contributed by atoms with Gasteiger partial charge in [0.2, 0.25) is 0 Å². The number of thiazole rings is 1. The van der Waals surface area contributed by atoms with Crippen LogP contribution < -0.4 is 5.32 Å². The number of nitrogens with one attached hydrogen (secondary N) is 1. The van der Waals surface area contributed by atoms with Crippen molar-refractivity contribution >= 4 is 34.7 Å². The van der Waals surface area contributed by atoms with Crippen molar-refractivity contribution in [3.8, 4) is 0 Å². The van der Waals surface area contributed by atoms with E-state index >= 15 is 0 Å². The van der Waals surface area contributed by atoms with E-state index < -0.39 is 0 Å². The van der Waals surface area contributed by atoms with Crippen molar-refractivity contribution in [2.45, 2.75) is 30.5 Å². The van der Waals surface area contributed by atoms with E-state index in [1.54, 1.807) is 23.1 Å². The van der Waals surface area contributed by atoms with Crippen LogP contribution in [-0.4, -0.2) is 11.5 Å². The van der Waals surface area contributed by atoms with Crippen LogP contribution in [0.25, 0.3) is 0 Å². The standard InChI is InChI=1S/C14H17ClN2S2/c1-2-7-16-8-13-9-17-14(19-13)10-18-12-5-3-11(15)4-6-12/h3-6,9,16H,2,7-8,10H2,1H3. The summed E-state index contributed by atoms with van der Waals surface area (Å²) in [5.74, 6) is 0.917. The topological polar surface area (TPSA) is 24.9 Å². The Kier molecular flexibility index (Phi) is 6.17. The summed E-state index contributed by atoms with van der Waals surface area (Å²) < 4.78 is 0. The van der Waals surface area contributed by atoms with Gasteiger partial charge in [0, 0.05) is 27.5 Å². The molecule has 0 amide bonds. The Morgan fingerprint density at radius 1 is 1.32 bits per heavy atom. The fourth-order valence-corrected chi connectivity index (χ4v) is 3.48. The van der Waals surface area contributed by atoms with Crippen molar-refractivity contribution in [3.05, 3.63) is 45.4 Å². The zero-order chi connectivity index (χ0) is 13.5. The molecule has 102 valence electrons. The zero-order valence-corrected chi connectivity index (χ0v) is 13.2. The summed E-state index contributed by atoms with van der Waals surface area (Å²) in [6, 6.07) is 7.94. The Morgan fingerprint density at radius 2 is 2.11 bits per heavy atom. The highest BCUT2D eigenvalue weighted by Crippen LogP contribution is 2.26. The van der Waals surface area contributed by atoms with Gasteiger partial charge < -0.3 is 5.32 Å². The minimum absolute atomic E-state index is 0.780. The van der Waals surface area contributed by atoms with Crippen LogP contribution in [0.15, 0.2) is 35.4 Å². The van der Waals surface area contributed by atoms with Crippen LogP contribution in [0.5, 0.6) is 0 Å². The molecule has 1 N–H and O–H groups in total. The molecule has 0 aliphatic rings. The number of halogens is 1. The molecule has 1 aromatic carbocycles. The van der Waals surface area contributed by atoms with Gasteiger partial charge in [-0.25, -0.2) is 4.98 Å². The molecule has 1 heterocycles. The van der Waals surface area contributed by atoms with Crippen molar-refractivity contribution < 1.29 is 0 Å². The van der Waals surface area contributed by atoms with E-state index in [4.69, 9.17) is 11.6 Å². The summed E-state index contributed by atoms with van der Waals surface area (Å²) in [6.07, 6.45) is 3.14. The second-order valence-electron chi connectivity index (χ2n) is 4.14. The lowest BCUT2D eigenvalue weighted by atomic mass is 10.4. The van der Waals surface area contributed by atoms with Crippen LogP contribution in [0.3, 0.4) is 0 Å². The third kappa shape index (κ3) is 5.15. The molecule has 0 aliphatic carbocycles. The first-order valence-corrected chi connectivity index (χ1v) is 8.48. The molecule has 2 nitrogen and oxygen atoms in total. The molecular weight excluding hydrogens is 296 g/mol. The lowest BCUT2D eigenvalue weighted by molar-refractivity contribution is 0.681. The SMILES string of the molecule is CCCNCc1cnc(CSc2ccc(Cl)cc2)s1. The average Bonchev–Trinajstić information content (AvgIpc) is 2.86. The second kappa shape index (κ2) is 7.90. The summed E-state index contributed by atoms with van der Waals surface area (Å²) in [5, 5.41) is 5.35. The normalized spacial score (nSPS) is 10.8. The van der Waals surface area contributed by atoms with Crippen LogP contribution in [0.4, 0.5) is 0 Å². The molecule has 0 atom stereocenters. The third-order valence-corrected chi connectivity index (χ3v) is 4.96. The third-order valence-electron chi connectivity index (χ3n) is 2.50. The molecule has 0 saturated heterocycles. The Balaban J connectivity index is 1.81. The first-order chi connectivity index (χ1) is 9.28. The summed E-state index contributed by atoms with van der Waals surface area (Å²) in [5.41, 5.74) is 0. The first kappa shape index (κ1) is 14.9. The number of hydrogen-bond donors (Lipinski definition) is 1. The lowest BCUT2D eigenvalue weighted by Gasteiger charge is -1.99. The van der Waals surface area contributed by atoms with Crippen molar-refractivity contribution in [2.24, 2.45) is 0 Å². The van der Waals surface area contributed by atoms with Crippen LogP contribution >= 0.6 is 34.7 Å². The predicted molar refractivity (Wildman–Crippen MR) is 85.1 cm³/mol. The zero-order valence-electron chi connectivity index (χ0n) is 10.9. The highest BCUT2D eigenvalue weighted by Gasteiger charge is 2.03. The van der Waals surface area contributed by atoms with Gasteiger partial charge in [0.05, 0.1) is 5.75 Å². The number of aromatic nitrogens is 1. The van der Waals surface area contributed by atoms with Crippen molar-refractivity contribution in [1.29, 1.82) is 0 Å². The van der Waals surface area contributed by atoms with Gasteiger partial charge in [-0.1, -0.05) is 18.5 Å². The van der Waals surface area contributed by atoms with E-state index in [9.17, 15) is 0 Å². The van der Waals surface area contributed by atoms with Gasteiger partial charge in [0.25, 0.3) is 0 Å². The van der Waals surface area contributed by atoms with Crippen LogP contribution in [0, 0.1) is 0 Å². The fourth-order valence-electron chi connectivity index (χ4n) is 1.56. The highest BCUT2D eigenvalue weighted by atomic mass is 35.5. The average molecular weight is 313 g/mol. The molecule has 0 bridgehead atoms. The Morgan fingerprint density at radius 3 is 2.84 bits per heavy atom. The molecule has 1 aromatic heterocycles. The molecule has 2 aromatic rings. The maximum atomic E-state index is 5.87. The molecule has 0 spiro atoms. The number of hydrogen-bond acceptors (Lipinski definition) is 4. The van der Waals surface area contributed by atoms with E-state index in [0.29, 0.717) is 0 Å². The van der Waals surface area contributed by atoms with Crippen LogP contribution in [-0.2, 0) is 12.3 Å². The van der Waals surface area contributed by atoms with Crippen LogP contribution in [0.1, 0.15) is 23.2 Å². The molecule has 2 rings (SSSR count). The Hall–Kier alpha value is -0.550. The number of nitrogens with zero attached hydrogens (tertiary/aromatic N) is 1. The summed E-state index contributed by atoms with van der Waals surface area (Å²) in [4.78, 5) is 6.99. The molecule has 19 heavy (non-hydrogen) atoms. The number of thioether (sulfide) groups is 1. The van der Waals surface area contributed by atoms with Crippen LogP contribution in [0.2, 0.25) is 5.02 Å². The minimum atomic E-state index is 0.780. The van der Waals surface area contributed by atoms with Gasteiger partial charge in [-0.05, 0) is 37.2 Å². The lowest BCUT2D eigenvalue weighted by Crippen LogP contribution is -2.12. The largest absolute Gasteiger partial charge is 0.312 e. The predicted octanol–water partition coefficient (Wildman–Crippen LogP) is 4.59. The molecule has 0 aliphatic heterocycles. The quantitative estimate of drug-likeness (QED) is 0.598. The molecule has 0 fully saturated rings. The summed E-state index contributed by atoms with van der Waals surface area (Å²) in [7, 11) is 0. The minimum Gasteiger partial charge on any atom is -0.312 e. The summed E-state index contributed by atoms with van der Waals surface area (Å²) in [6.45, 7) is 4.16. The van der Waals surface area contributed by atoms with Crippen molar-refractivity contribution in [3.63, 3.8) is 0 Å². The van der Waals surface area contributed by atoms with Gasteiger partial charge in [-0.15, -0.1) is 23.1 Å². The Labute approximate surface area is 127 Å². The fraction of sp³-hybridized carbons (Fsp3) is 0.357. The van der Waals surface area contributed by atoms with E-state index in [2.05, 4.69) is 17.2 Å². The second-order valence-corrected chi connectivity index (χ2v) is 6.82.